The lowest BCUT2D eigenvalue weighted by atomic mass is 10.1. The molecule has 0 saturated carbocycles. The summed E-state index contributed by atoms with van der Waals surface area (Å²) in [6, 6.07) is 15.3. The third-order valence-electron chi connectivity index (χ3n) is 2.58. The first-order chi connectivity index (χ1) is 8.67. The van der Waals surface area contributed by atoms with Gasteiger partial charge in [0.1, 0.15) is 5.75 Å². The Hall–Kier alpha value is -1.84. The number of benzene rings is 2. The summed E-state index contributed by atoms with van der Waals surface area (Å²) < 4.78 is 0. The minimum absolute atomic E-state index is 0.368. The molecule has 0 atom stereocenters. The van der Waals surface area contributed by atoms with E-state index < -0.39 is 0 Å². The van der Waals surface area contributed by atoms with Crippen LogP contribution in [0.2, 0.25) is 0 Å². The van der Waals surface area contributed by atoms with Crippen LogP contribution in [0.5, 0.6) is 5.75 Å². The molecule has 96 valence electrons. The molecule has 0 spiro atoms. The van der Waals surface area contributed by atoms with Crippen molar-refractivity contribution < 1.29 is 5.11 Å². The number of aryl methyl sites for hydroxylation is 1. The third-order valence-corrected chi connectivity index (χ3v) is 2.58. The Kier molecular flexibility index (Phi) is 5.91. The lowest BCUT2D eigenvalue weighted by Gasteiger charge is -1.98. The summed E-state index contributed by atoms with van der Waals surface area (Å²) in [7, 11) is 0. The molecule has 3 nitrogen and oxygen atoms in total. The second kappa shape index (κ2) is 7.48. The molecule has 0 amide bonds. The fourth-order valence-electron chi connectivity index (χ4n) is 1.45. The molecule has 2 aromatic rings. The second-order valence-corrected chi connectivity index (χ2v) is 4.01. The Bertz CT molecular complexity index is 443. The van der Waals surface area contributed by atoms with Gasteiger partial charge in [-0.2, -0.15) is 0 Å². The molecule has 18 heavy (non-hydrogen) atoms. The number of aromatic hydroxyl groups is 1. The molecule has 0 aliphatic carbocycles. The maximum Gasteiger partial charge on any atom is 0.118 e. The van der Waals surface area contributed by atoms with Crippen molar-refractivity contribution in [1.82, 2.24) is 0 Å². The maximum atomic E-state index is 8.92. The summed E-state index contributed by atoms with van der Waals surface area (Å²) >= 11 is 0. The predicted molar refractivity (Wildman–Crippen MR) is 75.1 cm³/mol. The molecule has 0 saturated heterocycles. The summed E-state index contributed by atoms with van der Waals surface area (Å²) in [6.45, 7) is 3.05. The fraction of sp³-hybridized carbons (Fsp3) is 0.200. The van der Waals surface area contributed by atoms with Crippen LogP contribution >= 0.6 is 0 Å². The monoisotopic (exact) mass is 244 g/mol. The molecule has 0 radical (unpaired) electrons. The topological polar surface area (TPSA) is 72.3 Å². The van der Waals surface area contributed by atoms with Crippen molar-refractivity contribution in [1.29, 1.82) is 0 Å². The normalized spacial score (nSPS) is 9.50. The smallest absolute Gasteiger partial charge is 0.118 e. The zero-order valence-electron chi connectivity index (χ0n) is 10.6. The van der Waals surface area contributed by atoms with Gasteiger partial charge in [0.15, 0.2) is 0 Å². The summed E-state index contributed by atoms with van der Waals surface area (Å²) in [5, 5.41) is 8.92. The highest BCUT2D eigenvalue weighted by Gasteiger charge is 1.90. The molecule has 2 aromatic carbocycles. The van der Waals surface area contributed by atoms with Crippen LogP contribution in [0.4, 0.5) is 0 Å². The van der Waals surface area contributed by atoms with E-state index in [4.69, 9.17) is 16.6 Å². The van der Waals surface area contributed by atoms with Gasteiger partial charge in [-0.25, -0.2) is 0 Å². The average molecular weight is 244 g/mol. The Morgan fingerprint density at radius 3 is 1.83 bits per heavy atom. The SMILES string of the molecule is Cc1ccccc1O.NCc1cccc(CN)c1. The van der Waals surface area contributed by atoms with Crippen LogP contribution in [-0.4, -0.2) is 5.11 Å². The summed E-state index contributed by atoms with van der Waals surface area (Å²) in [5.74, 6) is 0.368. The number of rotatable bonds is 2. The van der Waals surface area contributed by atoms with Gasteiger partial charge in [-0.1, -0.05) is 42.5 Å². The van der Waals surface area contributed by atoms with E-state index in [9.17, 15) is 0 Å². The van der Waals surface area contributed by atoms with Gasteiger partial charge >= 0.3 is 0 Å². The van der Waals surface area contributed by atoms with Crippen LogP contribution in [0.15, 0.2) is 48.5 Å². The Morgan fingerprint density at radius 2 is 1.44 bits per heavy atom. The first-order valence-electron chi connectivity index (χ1n) is 5.90. The number of hydrogen-bond donors (Lipinski definition) is 3. The Labute approximate surface area is 108 Å². The van der Waals surface area contributed by atoms with Gasteiger partial charge < -0.3 is 16.6 Å². The standard InChI is InChI=1S/C8H12N2.C7H8O/c9-5-7-2-1-3-8(4-7)6-10;1-6-4-2-3-5-7(6)8/h1-4H,5-6,9-10H2;2-5,8H,1H3. The van der Waals surface area contributed by atoms with Gasteiger partial charge in [0, 0.05) is 13.1 Å². The summed E-state index contributed by atoms with van der Waals surface area (Å²) in [5.41, 5.74) is 14.1. The van der Waals surface area contributed by atoms with Crippen molar-refractivity contribution >= 4 is 0 Å². The van der Waals surface area contributed by atoms with Crippen LogP contribution in [0.1, 0.15) is 16.7 Å². The Balaban J connectivity index is 0.000000184. The number of phenols is 1. The quantitative estimate of drug-likeness (QED) is 0.759. The van der Waals surface area contributed by atoms with Crippen LogP contribution in [0, 0.1) is 6.92 Å². The lowest BCUT2D eigenvalue weighted by Crippen LogP contribution is -2.00. The molecule has 0 aromatic heterocycles. The first kappa shape index (κ1) is 14.2. The van der Waals surface area contributed by atoms with E-state index in [0.717, 1.165) is 16.7 Å². The predicted octanol–water partition coefficient (Wildman–Crippen LogP) is 2.30. The molecule has 0 aliphatic heterocycles. The lowest BCUT2D eigenvalue weighted by molar-refractivity contribution is 0.471. The molecule has 2 rings (SSSR count). The van der Waals surface area contributed by atoms with Crippen LogP contribution in [0.3, 0.4) is 0 Å². The third kappa shape index (κ3) is 4.57. The molecular weight excluding hydrogens is 224 g/mol. The highest BCUT2D eigenvalue weighted by Crippen LogP contribution is 2.12. The van der Waals surface area contributed by atoms with E-state index in [1.807, 2.05) is 49.4 Å². The van der Waals surface area contributed by atoms with Gasteiger partial charge in [-0.3, -0.25) is 0 Å². The number of phenolic OH excluding ortho intramolecular Hbond substituents is 1. The van der Waals surface area contributed by atoms with E-state index in [2.05, 4.69) is 0 Å². The molecule has 0 aliphatic rings. The Morgan fingerprint density at radius 1 is 0.889 bits per heavy atom. The van der Waals surface area contributed by atoms with Crippen molar-refractivity contribution in [3.05, 3.63) is 65.2 Å². The van der Waals surface area contributed by atoms with Crippen molar-refractivity contribution in [3.63, 3.8) is 0 Å². The van der Waals surface area contributed by atoms with E-state index in [1.54, 1.807) is 6.07 Å². The molecule has 3 heteroatoms. The molecule has 0 fully saturated rings. The fourth-order valence-corrected chi connectivity index (χ4v) is 1.45. The second-order valence-electron chi connectivity index (χ2n) is 4.01. The van der Waals surface area contributed by atoms with Gasteiger partial charge in [0.25, 0.3) is 0 Å². The molecule has 0 heterocycles. The molecule has 5 N–H and O–H groups in total. The first-order valence-corrected chi connectivity index (χ1v) is 5.90. The van der Waals surface area contributed by atoms with Gasteiger partial charge in [-0.05, 0) is 29.7 Å². The zero-order chi connectivity index (χ0) is 13.4. The number of para-hydroxylation sites is 1. The average Bonchev–Trinajstić information content (AvgIpc) is 2.43. The largest absolute Gasteiger partial charge is 0.508 e. The van der Waals surface area contributed by atoms with E-state index >= 15 is 0 Å². The van der Waals surface area contributed by atoms with E-state index in [-0.39, 0.29) is 0 Å². The maximum absolute atomic E-state index is 8.92. The minimum Gasteiger partial charge on any atom is -0.508 e. The molecule has 0 unspecified atom stereocenters. The molecule has 0 bridgehead atoms. The van der Waals surface area contributed by atoms with Crippen LogP contribution in [0.25, 0.3) is 0 Å². The summed E-state index contributed by atoms with van der Waals surface area (Å²) in [4.78, 5) is 0. The number of hydrogen-bond acceptors (Lipinski definition) is 3. The van der Waals surface area contributed by atoms with Gasteiger partial charge in [0.2, 0.25) is 0 Å². The van der Waals surface area contributed by atoms with Crippen molar-refractivity contribution in [3.8, 4) is 5.75 Å². The van der Waals surface area contributed by atoms with Crippen molar-refractivity contribution in [2.75, 3.05) is 0 Å². The van der Waals surface area contributed by atoms with Crippen molar-refractivity contribution in [2.45, 2.75) is 20.0 Å². The summed E-state index contributed by atoms with van der Waals surface area (Å²) in [6.07, 6.45) is 0. The van der Waals surface area contributed by atoms with Crippen LogP contribution < -0.4 is 11.5 Å². The highest BCUT2D eigenvalue weighted by atomic mass is 16.3. The minimum atomic E-state index is 0.368. The molecular formula is C15H20N2O. The van der Waals surface area contributed by atoms with Gasteiger partial charge in [-0.15, -0.1) is 0 Å². The zero-order valence-corrected chi connectivity index (χ0v) is 10.6. The van der Waals surface area contributed by atoms with E-state index in [0.29, 0.717) is 18.8 Å². The van der Waals surface area contributed by atoms with Crippen LogP contribution in [-0.2, 0) is 13.1 Å². The highest BCUT2D eigenvalue weighted by molar-refractivity contribution is 5.29. The number of nitrogens with two attached hydrogens (primary N) is 2. The van der Waals surface area contributed by atoms with E-state index in [1.165, 1.54) is 0 Å². The van der Waals surface area contributed by atoms with Gasteiger partial charge in [0.05, 0.1) is 0 Å². The van der Waals surface area contributed by atoms with Crippen molar-refractivity contribution in [2.24, 2.45) is 11.5 Å².